The molecule has 5 heterocycles. The summed E-state index contributed by atoms with van der Waals surface area (Å²) in [4.78, 5) is 39.6. The smallest absolute Gasteiger partial charge is 0.223 e. The van der Waals surface area contributed by atoms with Gasteiger partial charge in [-0.2, -0.15) is 5.10 Å². The number of rotatable bonds is 7. The Balaban J connectivity index is 1.19. The van der Waals surface area contributed by atoms with E-state index < -0.39 is 0 Å². The molecule has 6 rings (SSSR count). The second-order valence-corrected chi connectivity index (χ2v) is 11.7. The lowest BCUT2D eigenvalue weighted by molar-refractivity contribution is -0.133. The fourth-order valence-corrected chi connectivity index (χ4v) is 6.39. The van der Waals surface area contributed by atoms with Gasteiger partial charge in [0.1, 0.15) is 0 Å². The standard InChI is InChI=1S/C32H34N6O3S/c1-2-3-5-23(39)9-11-29(40)37-14-12-22(13-15-37)8-10-24-20-28-30(42-24)32(38-16-18-41-19-17-38)35-31(34-28)25-6-4-7-27-26(25)21-33-36-27/h3-7,20-22H,2,9,11-19H2,1H3,(H,33,36). The third kappa shape index (κ3) is 6.22. The maximum atomic E-state index is 12.6. The third-order valence-corrected chi connectivity index (χ3v) is 8.80. The molecule has 2 fully saturated rings. The molecule has 9 nitrogen and oxygen atoms in total. The number of piperidine rings is 1. The van der Waals surface area contributed by atoms with Crippen molar-refractivity contribution >= 4 is 50.0 Å². The van der Waals surface area contributed by atoms with E-state index in [0.717, 1.165) is 69.7 Å². The molecule has 2 aliphatic heterocycles. The van der Waals surface area contributed by atoms with Crippen molar-refractivity contribution in [1.29, 1.82) is 0 Å². The van der Waals surface area contributed by atoms with Gasteiger partial charge in [-0.15, -0.1) is 11.3 Å². The van der Waals surface area contributed by atoms with E-state index >= 15 is 0 Å². The van der Waals surface area contributed by atoms with Crippen LogP contribution in [0.2, 0.25) is 0 Å². The van der Waals surface area contributed by atoms with Crippen LogP contribution in [0.1, 0.15) is 43.9 Å². The van der Waals surface area contributed by atoms with Crippen LogP contribution in [0.5, 0.6) is 0 Å². The molecule has 2 aliphatic rings. The topological polar surface area (TPSA) is 104 Å². The van der Waals surface area contributed by atoms with Crippen LogP contribution in [0.15, 0.2) is 42.6 Å². The van der Waals surface area contributed by atoms with Crippen LogP contribution in [-0.4, -0.2) is 76.1 Å². The van der Waals surface area contributed by atoms with E-state index in [9.17, 15) is 9.59 Å². The number of ether oxygens (including phenoxy) is 1. The third-order valence-electron chi connectivity index (χ3n) is 7.76. The zero-order valence-electron chi connectivity index (χ0n) is 23.8. The molecule has 0 bridgehead atoms. The van der Waals surface area contributed by atoms with Crippen LogP contribution in [0.3, 0.4) is 0 Å². The number of fused-ring (bicyclic) bond motifs is 2. The summed E-state index contributed by atoms with van der Waals surface area (Å²) in [6.07, 6.45) is 8.28. The molecule has 0 unspecified atom stereocenters. The zero-order valence-corrected chi connectivity index (χ0v) is 24.6. The predicted octanol–water partition coefficient (Wildman–Crippen LogP) is 4.98. The maximum absolute atomic E-state index is 12.6. The van der Waals surface area contributed by atoms with Crippen molar-refractivity contribution in [3.05, 3.63) is 47.5 Å². The van der Waals surface area contributed by atoms with E-state index in [1.807, 2.05) is 42.3 Å². The summed E-state index contributed by atoms with van der Waals surface area (Å²) in [6.45, 7) is 6.24. The molecule has 1 amide bonds. The van der Waals surface area contributed by atoms with Gasteiger partial charge in [-0.05, 0) is 37.5 Å². The molecule has 10 heteroatoms. The first-order chi connectivity index (χ1) is 20.6. The van der Waals surface area contributed by atoms with Gasteiger partial charge >= 0.3 is 0 Å². The average molecular weight is 583 g/mol. The number of hydrogen-bond donors (Lipinski definition) is 1. The molecule has 0 spiro atoms. The van der Waals surface area contributed by atoms with Crippen molar-refractivity contribution in [3.8, 4) is 23.2 Å². The molecule has 0 atom stereocenters. The quantitative estimate of drug-likeness (QED) is 0.242. The van der Waals surface area contributed by atoms with Gasteiger partial charge in [0, 0.05) is 55.9 Å². The number of thiophene rings is 1. The first-order valence-electron chi connectivity index (χ1n) is 14.6. The number of aromatic nitrogens is 4. The lowest BCUT2D eigenvalue weighted by atomic mass is 9.97. The summed E-state index contributed by atoms with van der Waals surface area (Å²) in [5.74, 6) is 8.77. The van der Waals surface area contributed by atoms with E-state index in [4.69, 9.17) is 14.7 Å². The van der Waals surface area contributed by atoms with Gasteiger partial charge in [0.15, 0.2) is 17.4 Å². The largest absolute Gasteiger partial charge is 0.378 e. The molecule has 0 saturated carbocycles. The van der Waals surface area contributed by atoms with Crippen LogP contribution in [0, 0.1) is 17.8 Å². The Morgan fingerprint density at radius 3 is 2.79 bits per heavy atom. The Bertz CT molecular complexity index is 1680. The SMILES string of the molecule is CCC=CC(=O)CCC(=O)N1CCC(C#Cc2cc3nc(-c4cccc5[nH]ncc45)nc(N4CCOCC4)c3s2)CC1. The van der Waals surface area contributed by atoms with Crippen LogP contribution < -0.4 is 4.90 Å². The van der Waals surface area contributed by atoms with E-state index in [2.05, 4.69) is 33.0 Å². The van der Waals surface area contributed by atoms with Gasteiger partial charge in [0.25, 0.3) is 0 Å². The van der Waals surface area contributed by atoms with Crippen molar-refractivity contribution in [2.24, 2.45) is 5.92 Å². The second-order valence-electron chi connectivity index (χ2n) is 10.6. The Morgan fingerprint density at radius 2 is 1.98 bits per heavy atom. The number of benzene rings is 1. The summed E-state index contributed by atoms with van der Waals surface area (Å²) < 4.78 is 6.64. The lowest BCUT2D eigenvalue weighted by Crippen LogP contribution is -2.38. The Kier molecular flexibility index (Phi) is 8.58. The number of nitrogens with zero attached hydrogens (tertiary/aromatic N) is 5. The number of aromatic amines is 1. The van der Waals surface area contributed by atoms with E-state index in [1.165, 1.54) is 0 Å². The van der Waals surface area contributed by atoms with Gasteiger partial charge in [0.05, 0.1) is 40.0 Å². The fourth-order valence-electron chi connectivity index (χ4n) is 5.42. The molecule has 216 valence electrons. The van der Waals surface area contributed by atoms with E-state index in [-0.39, 0.29) is 30.4 Å². The van der Waals surface area contributed by atoms with Gasteiger partial charge in [0.2, 0.25) is 5.91 Å². The van der Waals surface area contributed by atoms with Gasteiger partial charge in [-0.1, -0.05) is 37.0 Å². The number of morpholine rings is 1. The van der Waals surface area contributed by atoms with Crippen molar-refractivity contribution in [2.45, 2.75) is 39.0 Å². The highest BCUT2D eigenvalue weighted by atomic mass is 32.1. The van der Waals surface area contributed by atoms with Gasteiger partial charge < -0.3 is 14.5 Å². The minimum atomic E-state index is 0.0152. The lowest BCUT2D eigenvalue weighted by Gasteiger charge is -2.29. The summed E-state index contributed by atoms with van der Waals surface area (Å²) in [5.41, 5.74) is 2.78. The fraction of sp³-hybridized carbons (Fsp3) is 0.406. The highest BCUT2D eigenvalue weighted by Gasteiger charge is 2.23. The molecule has 1 aromatic carbocycles. The van der Waals surface area contributed by atoms with E-state index in [0.29, 0.717) is 32.1 Å². The summed E-state index contributed by atoms with van der Waals surface area (Å²) >= 11 is 1.63. The number of amides is 1. The predicted molar refractivity (Wildman–Crippen MR) is 165 cm³/mol. The molecule has 4 aromatic rings. The van der Waals surface area contributed by atoms with Gasteiger partial charge in [-0.3, -0.25) is 14.7 Å². The monoisotopic (exact) mass is 582 g/mol. The van der Waals surface area contributed by atoms with Crippen LogP contribution in [-0.2, 0) is 14.3 Å². The molecule has 1 N–H and O–H groups in total. The molecule has 0 aliphatic carbocycles. The number of carbonyl (C=O) groups is 2. The van der Waals surface area contributed by atoms with E-state index in [1.54, 1.807) is 17.4 Å². The van der Waals surface area contributed by atoms with Crippen molar-refractivity contribution < 1.29 is 14.3 Å². The molecule has 2 saturated heterocycles. The van der Waals surface area contributed by atoms with Gasteiger partial charge in [-0.25, -0.2) is 9.97 Å². The number of carbonyl (C=O) groups excluding carboxylic acids is 2. The number of allylic oxidation sites excluding steroid dienone is 2. The van der Waals surface area contributed by atoms with Crippen molar-refractivity contribution in [2.75, 3.05) is 44.3 Å². The number of likely N-dealkylation sites (tertiary alicyclic amines) is 1. The number of H-pyrrole nitrogens is 1. The number of anilines is 1. The van der Waals surface area contributed by atoms with Crippen LogP contribution >= 0.6 is 11.3 Å². The Labute approximate surface area is 249 Å². The van der Waals surface area contributed by atoms with Crippen LogP contribution in [0.4, 0.5) is 5.82 Å². The minimum absolute atomic E-state index is 0.0152. The Morgan fingerprint density at radius 1 is 1.14 bits per heavy atom. The summed E-state index contributed by atoms with van der Waals surface area (Å²) in [6, 6.07) is 8.10. The highest BCUT2D eigenvalue weighted by Crippen LogP contribution is 2.35. The van der Waals surface area contributed by atoms with Crippen molar-refractivity contribution in [1.82, 2.24) is 25.1 Å². The summed E-state index contributed by atoms with van der Waals surface area (Å²) in [5, 5.41) is 8.24. The number of hydrogen-bond acceptors (Lipinski definition) is 8. The van der Waals surface area contributed by atoms with Crippen LogP contribution in [0.25, 0.3) is 32.5 Å². The molecule has 3 aromatic heterocycles. The molecule has 42 heavy (non-hydrogen) atoms. The maximum Gasteiger partial charge on any atom is 0.223 e. The Hall–Kier alpha value is -4.07. The molecule has 0 radical (unpaired) electrons. The minimum Gasteiger partial charge on any atom is -0.378 e. The number of nitrogens with one attached hydrogen (secondary N) is 1. The normalized spacial score (nSPS) is 16.3. The zero-order chi connectivity index (χ0) is 28.9. The average Bonchev–Trinajstić information content (AvgIpc) is 3.69. The first-order valence-corrected chi connectivity index (χ1v) is 15.5. The summed E-state index contributed by atoms with van der Waals surface area (Å²) in [7, 11) is 0. The molecular weight excluding hydrogens is 548 g/mol. The second kappa shape index (κ2) is 12.8. The first kappa shape index (κ1) is 28.1. The molecular formula is C32H34N6O3S. The number of ketones is 1. The highest BCUT2D eigenvalue weighted by molar-refractivity contribution is 7.20. The van der Waals surface area contributed by atoms with Crippen molar-refractivity contribution in [3.63, 3.8) is 0 Å².